The van der Waals surface area contributed by atoms with Crippen LogP contribution in [0, 0.1) is 6.92 Å². The molecule has 0 spiro atoms. The molecule has 2 N–H and O–H groups in total. The van der Waals surface area contributed by atoms with E-state index in [-0.39, 0.29) is 12.1 Å². The monoisotopic (exact) mass is 519 g/mol. The molecule has 1 saturated heterocycles. The van der Waals surface area contributed by atoms with Crippen LogP contribution < -0.4 is 10.2 Å². The van der Waals surface area contributed by atoms with Crippen molar-refractivity contribution in [1.29, 1.82) is 0 Å². The van der Waals surface area contributed by atoms with Crippen molar-refractivity contribution in [1.82, 2.24) is 19.9 Å². The lowest BCUT2D eigenvalue weighted by atomic mass is 9.89. The summed E-state index contributed by atoms with van der Waals surface area (Å²) >= 11 is 12.8. The Kier molecular flexibility index (Phi) is 6.92. The first-order valence-electron chi connectivity index (χ1n) is 11.6. The lowest BCUT2D eigenvalue weighted by Crippen LogP contribution is -2.54. The number of piperidine rings is 1. The Morgan fingerprint density at radius 1 is 1.26 bits per heavy atom. The number of carbonyl (C=O) groups is 1. The van der Waals surface area contributed by atoms with Crippen LogP contribution in [0.5, 0.6) is 0 Å². The third kappa shape index (κ3) is 5.34. The number of aliphatic hydroxyl groups excluding tert-OH is 1. The van der Waals surface area contributed by atoms with Gasteiger partial charge in [-0.2, -0.15) is 5.10 Å². The highest BCUT2D eigenvalue weighted by atomic mass is 35.5. The lowest BCUT2D eigenvalue weighted by molar-refractivity contribution is 0.0448. The number of aromatic nitrogens is 3. The van der Waals surface area contributed by atoms with Gasteiger partial charge in [0.1, 0.15) is 11.1 Å². The van der Waals surface area contributed by atoms with E-state index in [1.807, 2.05) is 52.8 Å². The van der Waals surface area contributed by atoms with Crippen molar-refractivity contribution < 1.29 is 14.6 Å². The van der Waals surface area contributed by atoms with Crippen LogP contribution in [0.15, 0.2) is 24.3 Å². The zero-order valence-electron chi connectivity index (χ0n) is 20.7. The van der Waals surface area contributed by atoms with Crippen LogP contribution in [-0.2, 0) is 11.3 Å². The average Bonchev–Trinajstić information content (AvgIpc) is 3.19. The molecule has 3 aromatic rings. The van der Waals surface area contributed by atoms with Crippen molar-refractivity contribution >= 4 is 40.6 Å². The van der Waals surface area contributed by atoms with Crippen molar-refractivity contribution in [3.05, 3.63) is 45.7 Å². The summed E-state index contributed by atoms with van der Waals surface area (Å²) < 4.78 is 7.23. The predicted molar refractivity (Wildman–Crippen MR) is 138 cm³/mol. The lowest BCUT2D eigenvalue weighted by Gasteiger charge is -2.40. The molecule has 0 unspecified atom stereocenters. The molecule has 4 rings (SSSR count). The normalized spacial score (nSPS) is 15.9. The van der Waals surface area contributed by atoms with Crippen molar-refractivity contribution in [2.75, 3.05) is 18.0 Å². The SMILES string of the molecule is Cc1nc(N2CCC(C)(NC(=O)OC(C)(C)C)CC2)c2cc(CO)nn2c1-c1cccc(Cl)c1Cl. The van der Waals surface area contributed by atoms with Crippen molar-refractivity contribution in [2.24, 2.45) is 0 Å². The number of halogens is 2. The van der Waals surface area contributed by atoms with Crippen LogP contribution in [0.25, 0.3) is 16.8 Å². The first-order valence-corrected chi connectivity index (χ1v) is 12.4. The number of alkyl carbamates (subject to hydrolysis) is 1. The number of hydrogen-bond acceptors (Lipinski definition) is 6. The van der Waals surface area contributed by atoms with Gasteiger partial charge in [0.15, 0.2) is 5.82 Å². The number of hydrogen-bond donors (Lipinski definition) is 2. The fourth-order valence-corrected chi connectivity index (χ4v) is 4.76. The summed E-state index contributed by atoms with van der Waals surface area (Å²) in [6, 6.07) is 7.30. The van der Waals surface area contributed by atoms with Crippen molar-refractivity contribution in [3.8, 4) is 11.3 Å². The molecule has 1 fully saturated rings. The molecule has 35 heavy (non-hydrogen) atoms. The van der Waals surface area contributed by atoms with E-state index in [9.17, 15) is 9.90 Å². The fraction of sp³-hybridized carbons (Fsp3) is 0.480. The molecule has 0 aliphatic carbocycles. The predicted octanol–water partition coefficient (Wildman–Crippen LogP) is 5.39. The Balaban J connectivity index is 1.66. The van der Waals surface area contributed by atoms with Gasteiger partial charge in [0.25, 0.3) is 0 Å². The van der Waals surface area contributed by atoms with Crippen LogP contribution in [0.1, 0.15) is 51.9 Å². The number of amides is 1. The number of carbonyl (C=O) groups excluding carboxylic acids is 1. The van der Waals surface area contributed by atoms with Crippen LogP contribution in [0.4, 0.5) is 10.6 Å². The van der Waals surface area contributed by atoms with Gasteiger partial charge in [0, 0.05) is 24.2 Å². The van der Waals surface area contributed by atoms with E-state index >= 15 is 0 Å². The second-order valence-corrected chi connectivity index (χ2v) is 11.0. The van der Waals surface area contributed by atoms with Crippen LogP contribution >= 0.6 is 23.2 Å². The molecule has 1 aliphatic heterocycles. The summed E-state index contributed by atoms with van der Waals surface area (Å²) in [7, 11) is 0. The molecule has 1 aliphatic rings. The molecule has 10 heteroatoms. The molecule has 1 amide bonds. The largest absolute Gasteiger partial charge is 0.444 e. The second kappa shape index (κ2) is 9.48. The van der Waals surface area contributed by atoms with Gasteiger partial charge < -0.3 is 20.1 Å². The second-order valence-electron chi connectivity index (χ2n) is 10.2. The van der Waals surface area contributed by atoms with Gasteiger partial charge in [-0.3, -0.25) is 0 Å². The maximum absolute atomic E-state index is 12.3. The zero-order valence-corrected chi connectivity index (χ0v) is 22.2. The molecule has 1 aromatic carbocycles. The number of ether oxygens (including phenoxy) is 1. The first-order chi connectivity index (χ1) is 16.4. The minimum absolute atomic E-state index is 0.194. The molecule has 2 aromatic heterocycles. The third-order valence-corrected chi connectivity index (χ3v) is 6.97. The minimum Gasteiger partial charge on any atom is -0.444 e. The summed E-state index contributed by atoms with van der Waals surface area (Å²) in [5.41, 5.74) is 2.57. The standard InChI is InChI=1S/C25H31Cl2N5O3/c1-15-21(17-7-6-8-18(26)20(17)27)32-19(13-16(14-33)30-32)22(28-15)31-11-9-25(5,10-12-31)29-23(34)35-24(2,3)4/h6-8,13,33H,9-12,14H2,1-5H3,(H,29,34). The molecule has 8 nitrogen and oxygen atoms in total. The Hall–Kier alpha value is -2.55. The molecule has 0 atom stereocenters. The van der Waals surface area contributed by atoms with Gasteiger partial charge in [0.2, 0.25) is 0 Å². The number of benzene rings is 1. The average molecular weight is 520 g/mol. The van der Waals surface area contributed by atoms with E-state index in [0.717, 1.165) is 41.1 Å². The van der Waals surface area contributed by atoms with Gasteiger partial charge in [0.05, 0.1) is 33.7 Å². The Bertz CT molecular complexity index is 1260. The molecule has 0 saturated carbocycles. The smallest absolute Gasteiger partial charge is 0.408 e. The highest BCUT2D eigenvalue weighted by molar-refractivity contribution is 6.43. The summed E-state index contributed by atoms with van der Waals surface area (Å²) in [6.45, 7) is 10.7. The van der Waals surface area contributed by atoms with E-state index in [1.165, 1.54) is 0 Å². The number of rotatable bonds is 4. The van der Waals surface area contributed by atoms with E-state index in [0.29, 0.717) is 28.8 Å². The van der Waals surface area contributed by atoms with E-state index in [1.54, 1.807) is 10.6 Å². The summed E-state index contributed by atoms with van der Waals surface area (Å²) in [5, 5.41) is 18.3. The third-order valence-electron chi connectivity index (χ3n) is 6.16. The van der Waals surface area contributed by atoms with Gasteiger partial charge in [-0.25, -0.2) is 14.3 Å². The van der Waals surface area contributed by atoms with Crippen molar-refractivity contribution in [2.45, 2.75) is 65.2 Å². The van der Waals surface area contributed by atoms with Crippen LogP contribution in [0.2, 0.25) is 10.0 Å². The van der Waals surface area contributed by atoms with E-state index in [2.05, 4.69) is 15.3 Å². The van der Waals surface area contributed by atoms with Gasteiger partial charge in [-0.1, -0.05) is 35.3 Å². The maximum atomic E-state index is 12.3. The molecule has 0 bridgehead atoms. The molecular weight excluding hydrogens is 489 g/mol. The minimum atomic E-state index is -0.547. The Morgan fingerprint density at radius 3 is 2.57 bits per heavy atom. The van der Waals surface area contributed by atoms with E-state index < -0.39 is 11.7 Å². The number of nitrogens with zero attached hydrogens (tertiary/aromatic N) is 4. The van der Waals surface area contributed by atoms with Gasteiger partial charge in [-0.15, -0.1) is 0 Å². The molecular formula is C25H31Cl2N5O3. The number of anilines is 1. The number of nitrogens with one attached hydrogen (secondary N) is 1. The molecule has 3 heterocycles. The Morgan fingerprint density at radius 2 is 1.94 bits per heavy atom. The highest BCUT2D eigenvalue weighted by Crippen LogP contribution is 2.37. The quantitative estimate of drug-likeness (QED) is 0.480. The summed E-state index contributed by atoms with van der Waals surface area (Å²) in [4.78, 5) is 19.5. The summed E-state index contributed by atoms with van der Waals surface area (Å²) in [6.07, 6.45) is 1.04. The van der Waals surface area contributed by atoms with Gasteiger partial charge in [-0.05, 0) is 59.6 Å². The number of aliphatic hydroxyl groups is 1. The zero-order chi connectivity index (χ0) is 25.5. The number of fused-ring (bicyclic) bond motifs is 1. The first kappa shape index (κ1) is 25.5. The molecule has 0 radical (unpaired) electrons. The topological polar surface area (TPSA) is 92.0 Å². The highest BCUT2D eigenvalue weighted by Gasteiger charge is 2.34. The van der Waals surface area contributed by atoms with Gasteiger partial charge >= 0.3 is 6.09 Å². The van der Waals surface area contributed by atoms with Crippen LogP contribution in [-0.4, -0.2) is 50.0 Å². The Labute approximate surface area is 215 Å². The number of aryl methyl sites for hydroxylation is 1. The maximum Gasteiger partial charge on any atom is 0.408 e. The van der Waals surface area contributed by atoms with Crippen molar-refractivity contribution in [3.63, 3.8) is 0 Å². The van der Waals surface area contributed by atoms with Crippen LogP contribution in [0.3, 0.4) is 0 Å². The van der Waals surface area contributed by atoms with E-state index in [4.69, 9.17) is 32.9 Å². The fourth-order valence-electron chi connectivity index (χ4n) is 4.37. The summed E-state index contributed by atoms with van der Waals surface area (Å²) in [5.74, 6) is 0.774. The molecule has 188 valence electrons.